The molecular formula is C26H31NO. The lowest BCUT2D eigenvalue weighted by Crippen LogP contribution is -2.13. The Morgan fingerprint density at radius 1 is 0.714 bits per heavy atom. The lowest BCUT2D eigenvalue weighted by Gasteiger charge is -2.29. The van der Waals surface area contributed by atoms with Gasteiger partial charge in [-0.15, -0.1) is 0 Å². The van der Waals surface area contributed by atoms with Crippen molar-refractivity contribution >= 4 is 17.1 Å². The van der Waals surface area contributed by atoms with Crippen LogP contribution in [0.3, 0.4) is 0 Å². The molecule has 0 spiro atoms. The zero-order valence-corrected chi connectivity index (χ0v) is 17.8. The zero-order chi connectivity index (χ0) is 20.1. The van der Waals surface area contributed by atoms with E-state index in [9.17, 15) is 0 Å². The van der Waals surface area contributed by atoms with Gasteiger partial charge >= 0.3 is 0 Å². The fourth-order valence-electron chi connectivity index (χ4n) is 3.48. The van der Waals surface area contributed by atoms with Gasteiger partial charge in [-0.05, 0) is 81.6 Å². The van der Waals surface area contributed by atoms with Crippen molar-refractivity contribution in [1.82, 2.24) is 0 Å². The Morgan fingerprint density at radius 2 is 1.18 bits per heavy atom. The van der Waals surface area contributed by atoms with Crippen LogP contribution >= 0.6 is 0 Å². The van der Waals surface area contributed by atoms with Gasteiger partial charge in [-0.1, -0.05) is 48.7 Å². The van der Waals surface area contributed by atoms with Crippen LogP contribution in [0.2, 0.25) is 0 Å². The standard InChI is InChI=1S/C26H31NO/c1-6-7-16-28-25-17-21(4)26(22(5)18-25)27(23-12-8-19(2)9-13-23)24-14-10-20(3)11-15-24/h8-15,17-18H,6-7,16H2,1-5H3. The van der Waals surface area contributed by atoms with Gasteiger partial charge < -0.3 is 9.64 Å². The Labute approximate surface area is 169 Å². The molecule has 0 saturated heterocycles. The van der Waals surface area contributed by atoms with Crippen LogP contribution in [0.1, 0.15) is 42.0 Å². The predicted octanol–water partition coefficient (Wildman–Crippen LogP) is 7.57. The summed E-state index contributed by atoms with van der Waals surface area (Å²) < 4.78 is 5.97. The molecule has 0 saturated carbocycles. The minimum Gasteiger partial charge on any atom is -0.494 e. The molecule has 0 aliphatic carbocycles. The van der Waals surface area contributed by atoms with Crippen LogP contribution in [-0.2, 0) is 0 Å². The topological polar surface area (TPSA) is 12.5 Å². The molecule has 28 heavy (non-hydrogen) atoms. The van der Waals surface area contributed by atoms with Gasteiger partial charge in [0, 0.05) is 11.4 Å². The Bertz CT molecular complexity index is 842. The molecule has 0 N–H and O–H groups in total. The first kappa shape index (κ1) is 20.0. The van der Waals surface area contributed by atoms with Crippen LogP contribution in [0.4, 0.5) is 17.1 Å². The van der Waals surface area contributed by atoms with Gasteiger partial charge in [0.2, 0.25) is 0 Å². The molecule has 0 aromatic heterocycles. The monoisotopic (exact) mass is 373 g/mol. The van der Waals surface area contributed by atoms with Gasteiger partial charge in [-0.25, -0.2) is 0 Å². The molecule has 146 valence electrons. The molecule has 3 aromatic rings. The van der Waals surface area contributed by atoms with Crippen LogP contribution in [0.5, 0.6) is 5.75 Å². The van der Waals surface area contributed by atoms with Crippen molar-refractivity contribution in [2.24, 2.45) is 0 Å². The van der Waals surface area contributed by atoms with E-state index in [4.69, 9.17) is 4.74 Å². The molecule has 0 fully saturated rings. The third-order valence-electron chi connectivity index (χ3n) is 5.04. The Balaban J connectivity index is 2.07. The third-order valence-corrected chi connectivity index (χ3v) is 5.04. The summed E-state index contributed by atoms with van der Waals surface area (Å²) in [7, 11) is 0. The second kappa shape index (κ2) is 8.97. The van der Waals surface area contributed by atoms with E-state index in [0.29, 0.717) is 0 Å². The lowest BCUT2D eigenvalue weighted by molar-refractivity contribution is 0.309. The molecule has 0 bridgehead atoms. The molecule has 0 radical (unpaired) electrons. The molecule has 0 aliphatic heterocycles. The summed E-state index contributed by atoms with van der Waals surface area (Å²) in [6.45, 7) is 11.5. The molecule has 2 nitrogen and oxygen atoms in total. The molecule has 3 rings (SSSR count). The molecule has 0 unspecified atom stereocenters. The summed E-state index contributed by atoms with van der Waals surface area (Å²) in [5.74, 6) is 0.958. The number of unbranched alkanes of at least 4 members (excludes halogenated alkanes) is 1. The maximum Gasteiger partial charge on any atom is 0.119 e. The van der Waals surface area contributed by atoms with Crippen LogP contribution in [0, 0.1) is 27.7 Å². The summed E-state index contributed by atoms with van der Waals surface area (Å²) in [4.78, 5) is 2.35. The first-order chi connectivity index (χ1) is 13.5. The fraction of sp³-hybridized carbons (Fsp3) is 0.308. The first-order valence-corrected chi connectivity index (χ1v) is 10.2. The molecule has 2 heteroatoms. The molecule has 0 heterocycles. The molecular weight excluding hydrogens is 342 g/mol. The second-order valence-corrected chi connectivity index (χ2v) is 7.61. The SMILES string of the molecule is CCCCOc1cc(C)c(N(c2ccc(C)cc2)c2ccc(C)cc2)c(C)c1. The van der Waals surface area contributed by atoms with E-state index in [1.807, 2.05) is 0 Å². The smallest absolute Gasteiger partial charge is 0.119 e. The number of hydrogen-bond acceptors (Lipinski definition) is 2. The first-order valence-electron chi connectivity index (χ1n) is 10.2. The summed E-state index contributed by atoms with van der Waals surface area (Å²) in [6.07, 6.45) is 2.23. The van der Waals surface area contributed by atoms with Gasteiger partial charge in [-0.2, -0.15) is 0 Å². The number of rotatable bonds is 7. The number of ether oxygens (including phenoxy) is 1. The van der Waals surface area contributed by atoms with E-state index in [1.165, 1.54) is 39.3 Å². The average molecular weight is 374 g/mol. The predicted molar refractivity (Wildman–Crippen MR) is 120 cm³/mol. The van der Waals surface area contributed by atoms with E-state index in [0.717, 1.165) is 25.2 Å². The minimum absolute atomic E-state index is 0.772. The van der Waals surface area contributed by atoms with Crippen LogP contribution < -0.4 is 9.64 Å². The summed E-state index contributed by atoms with van der Waals surface area (Å²) in [6, 6.07) is 21.8. The highest BCUT2D eigenvalue weighted by Crippen LogP contribution is 2.40. The van der Waals surface area contributed by atoms with Gasteiger partial charge in [0.25, 0.3) is 0 Å². The number of benzene rings is 3. The molecule has 0 atom stereocenters. The van der Waals surface area contributed by atoms with Crippen molar-refractivity contribution in [3.05, 3.63) is 82.9 Å². The normalized spacial score (nSPS) is 10.8. The number of hydrogen-bond donors (Lipinski definition) is 0. The van der Waals surface area contributed by atoms with E-state index in [1.54, 1.807) is 0 Å². The summed E-state index contributed by atoms with van der Waals surface area (Å²) >= 11 is 0. The van der Waals surface area contributed by atoms with Gasteiger partial charge in [0.15, 0.2) is 0 Å². The van der Waals surface area contributed by atoms with Crippen molar-refractivity contribution in [1.29, 1.82) is 0 Å². The Hall–Kier alpha value is -2.74. The lowest BCUT2D eigenvalue weighted by atomic mass is 10.0. The number of aryl methyl sites for hydroxylation is 4. The Morgan fingerprint density at radius 3 is 1.61 bits per heavy atom. The van der Waals surface area contributed by atoms with Crippen molar-refractivity contribution in [2.45, 2.75) is 47.5 Å². The van der Waals surface area contributed by atoms with E-state index < -0.39 is 0 Å². The van der Waals surface area contributed by atoms with E-state index in [2.05, 4.69) is 100 Å². The van der Waals surface area contributed by atoms with Gasteiger partial charge in [-0.3, -0.25) is 0 Å². The zero-order valence-electron chi connectivity index (χ0n) is 17.8. The maximum absolute atomic E-state index is 5.97. The summed E-state index contributed by atoms with van der Waals surface area (Å²) in [5.41, 5.74) is 8.51. The number of nitrogens with zero attached hydrogens (tertiary/aromatic N) is 1. The van der Waals surface area contributed by atoms with E-state index >= 15 is 0 Å². The maximum atomic E-state index is 5.97. The fourth-order valence-corrected chi connectivity index (χ4v) is 3.48. The van der Waals surface area contributed by atoms with Crippen LogP contribution in [-0.4, -0.2) is 6.61 Å². The Kier molecular flexibility index (Phi) is 6.41. The van der Waals surface area contributed by atoms with Gasteiger partial charge in [0.05, 0.1) is 12.3 Å². The van der Waals surface area contributed by atoms with Crippen LogP contribution in [0.15, 0.2) is 60.7 Å². The number of anilines is 3. The van der Waals surface area contributed by atoms with Gasteiger partial charge in [0.1, 0.15) is 5.75 Å². The molecule has 0 aliphatic rings. The molecule has 3 aromatic carbocycles. The average Bonchev–Trinajstić information content (AvgIpc) is 2.67. The van der Waals surface area contributed by atoms with Crippen molar-refractivity contribution in [3.63, 3.8) is 0 Å². The third kappa shape index (κ3) is 4.56. The quantitative estimate of drug-likeness (QED) is 0.396. The largest absolute Gasteiger partial charge is 0.494 e. The molecule has 0 amide bonds. The summed E-state index contributed by atoms with van der Waals surface area (Å²) in [5, 5.41) is 0. The van der Waals surface area contributed by atoms with Crippen molar-refractivity contribution in [2.75, 3.05) is 11.5 Å². The van der Waals surface area contributed by atoms with Crippen molar-refractivity contribution in [3.8, 4) is 5.75 Å². The van der Waals surface area contributed by atoms with Crippen LogP contribution in [0.25, 0.3) is 0 Å². The minimum atomic E-state index is 0.772. The second-order valence-electron chi connectivity index (χ2n) is 7.61. The van der Waals surface area contributed by atoms with Crippen molar-refractivity contribution < 1.29 is 4.74 Å². The van der Waals surface area contributed by atoms with E-state index in [-0.39, 0.29) is 0 Å². The highest BCUT2D eigenvalue weighted by atomic mass is 16.5. The highest BCUT2D eigenvalue weighted by molar-refractivity contribution is 5.81. The highest BCUT2D eigenvalue weighted by Gasteiger charge is 2.18.